The van der Waals surface area contributed by atoms with E-state index in [9.17, 15) is 0 Å². The van der Waals surface area contributed by atoms with Crippen LogP contribution in [0.15, 0.2) is 0 Å². The van der Waals surface area contributed by atoms with E-state index in [0.717, 1.165) is 12.5 Å². The van der Waals surface area contributed by atoms with Gasteiger partial charge in [-0.05, 0) is 51.2 Å². The van der Waals surface area contributed by atoms with Crippen LogP contribution >= 0.6 is 0 Å². The summed E-state index contributed by atoms with van der Waals surface area (Å²) in [6, 6.07) is 2.26. The molecule has 0 radical (unpaired) electrons. The van der Waals surface area contributed by atoms with Crippen molar-refractivity contribution in [2.75, 3.05) is 6.61 Å². The molecule has 0 aromatic rings. The molecule has 0 spiro atoms. The second-order valence-corrected chi connectivity index (χ2v) is 18.0. The van der Waals surface area contributed by atoms with Crippen LogP contribution in [-0.2, 0) is 16.5 Å². The van der Waals surface area contributed by atoms with Crippen LogP contribution in [0.25, 0.3) is 0 Å². The smallest absolute Gasteiger partial charge is 0.300 e. The second kappa shape index (κ2) is 14.2. The number of aliphatic hydroxyl groups is 1. The van der Waals surface area contributed by atoms with Gasteiger partial charge >= 0.3 is 0 Å². The van der Waals surface area contributed by atoms with Crippen LogP contribution < -0.4 is 0 Å². The van der Waals surface area contributed by atoms with Gasteiger partial charge in [0.05, 0.1) is 0 Å². The Kier molecular flexibility index (Phi) is 14.8. The van der Waals surface area contributed by atoms with Gasteiger partial charge < -0.3 is 21.6 Å². The van der Waals surface area contributed by atoms with E-state index in [1.165, 1.54) is 18.9 Å². The third-order valence-electron chi connectivity index (χ3n) is 3.35. The van der Waals surface area contributed by atoms with Crippen molar-refractivity contribution in [2.24, 2.45) is 0 Å². The van der Waals surface area contributed by atoms with Gasteiger partial charge in [0, 0.05) is 6.61 Å². The van der Waals surface area contributed by atoms with E-state index >= 15 is 0 Å². The molecule has 0 aliphatic carbocycles. The first-order valence-electron chi connectivity index (χ1n) is 8.61. The zero-order valence-electron chi connectivity index (χ0n) is 15.2. The van der Waals surface area contributed by atoms with Crippen LogP contribution in [0.4, 0.5) is 0 Å². The number of hydrogen-bond acceptors (Lipinski definition) is 5. The summed E-state index contributed by atoms with van der Waals surface area (Å²) in [6.07, 6.45) is 3.35. The van der Waals surface area contributed by atoms with Crippen LogP contribution in [0.5, 0.6) is 0 Å². The summed E-state index contributed by atoms with van der Waals surface area (Å²) in [4.78, 5) is 0. The first-order valence-corrected chi connectivity index (χ1v) is 19.8. The summed E-state index contributed by atoms with van der Waals surface area (Å²) in [7, 11) is -6.95. The molecule has 0 rings (SSSR count). The lowest BCUT2D eigenvalue weighted by molar-refractivity contribution is 0.292. The molecule has 0 amide bonds. The van der Waals surface area contributed by atoms with Gasteiger partial charge in [0.15, 0.2) is 18.1 Å². The van der Waals surface area contributed by atoms with Crippen LogP contribution in [0, 0.1) is 0 Å². The SMILES string of the molecule is CCCC[SiH](C)O[SiH](C)O[SiH](C)O[SiH](C)O[SiH](C)CCCO. The van der Waals surface area contributed by atoms with Crippen LogP contribution in [0.3, 0.4) is 0 Å². The molecule has 0 aliphatic rings. The van der Waals surface area contributed by atoms with Crippen LogP contribution in [0.2, 0.25) is 44.8 Å². The molecule has 5 atom stereocenters. The van der Waals surface area contributed by atoms with E-state index in [1.807, 2.05) is 0 Å². The lowest BCUT2D eigenvalue weighted by Gasteiger charge is -2.25. The van der Waals surface area contributed by atoms with Gasteiger partial charge in [-0.3, -0.25) is 0 Å². The topological polar surface area (TPSA) is 57.2 Å². The fraction of sp³-hybridized carbons (Fsp3) is 1.00. The molecule has 0 fully saturated rings. The highest BCUT2D eigenvalue weighted by Crippen LogP contribution is 2.07. The second-order valence-electron chi connectivity index (χ2n) is 5.88. The Hall–Kier alpha value is 0.884. The Balaban J connectivity index is 3.88. The molecule has 10 heteroatoms. The number of aliphatic hydroxyl groups excluding tert-OH is 1. The third kappa shape index (κ3) is 13.3. The molecule has 134 valence electrons. The van der Waals surface area contributed by atoms with Gasteiger partial charge in [0.1, 0.15) is 0 Å². The molecule has 0 aromatic heterocycles. The van der Waals surface area contributed by atoms with Gasteiger partial charge in [-0.2, -0.15) is 0 Å². The lowest BCUT2D eigenvalue weighted by atomic mass is 10.4. The molecular formula is C12H36O5Si5. The predicted octanol–water partition coefficient (Wildman–Crippen LogP) is 1.49. The summed E-state index contributed by atoms with van der Waals surface area (Å²) < 4.78 is 24.2. The molecule has 0 bridgehead atoms. The van der Waals surface area contributed by atoms with Crippen molar-refractivity contribution in [1.29, 1.82) is 0 Å². The zero-order valence-corrected chi connectivity index (χ0v) is 21.0. The quantitative estimate of drug-likeness (QED) is 0.448. The van der Waals surface area contributed by atoms with Crippen molar-refractivity contribution in [3.05, 3.63) is 0 Å². The van der Waals surface area contributed by atoms with Crippen molar-refractivity contribution >= 4 is 45.9 Å². The van der Waals surface area contributed by atoms with Gasteiger partial charge in [-0.15, -0.1) is 0 Å². The number of hydrogen-bond donors (Lipinski definition) is 1. The maximum atomic E-state index is 8.85. The van der Waals surface area contributed by atoms with Crippen molar-refractivity contribution in [3.8, 4) is 0 Å². The van der Waals surface area contributed by atoms with E-state index in [1.54, 1.807) is 0 Å². The average Bonchev–Trinajstić information content (AvgIpc) is 2.42. The Labute approximate surface area is 145 Å². The molecular weight excluding hydrogens is 365 g/mol. The summed E-state index contributed by atoms with van der Waals surface area (Å²) in [5.74, 6) is 0. The van der Waals surface area contributed by atoms with Gasteiger partial charge in [0.25, 0.3) is 27.9 Å². The molecule has 5 nitrogen and oxygen atoms in total. The van der Waals surface area contributed by atoms with Gasteiger partial charge in [0.2, 0.25) is 0 Å². The Morgan fingerprint density at radius 2 is 1.09 bits per heavy atom. The van der Waals surface area contributed by atoms with Crippen LogP contribution in [0.1, 0.15) is 26.2 Å². The maximum Gasteiger partial charge on any atom is 0.300 e. The van der Waals surface area contributed by atoms with E-state index in [4.69, 9.17) is 21.6 Å². The van der Waals surface area contributed by atoms with Crippen LogP contribution in [-0.4, -0.2) is 57.6 Å². The Morgan fingerprint density at radius 1 is 0.682 bits per heavy atom. The minimum atomic E-state index is -1.62. The molecule has 0 saturated carbocycles. The summed E-state index contributed by atoms with van der Waals surface area (Å²) in [5.41, 5.74) is 0. The van der Waals surface area contributed by atoms with Crippen molar-refractivity contribution in [3.63, 3.8) is 0 Å². The van der Waals surface area contributed by atoms with Crippen molar-refractivity contribution < 1.29 is 21.6 Å². The van der Waals surface area contributed by atoms with E-state index in [0.29, 0.717) is 0 Å². The highest BCUT2D eigenvalue weighted by molar-refractivity contribution is 6.70. The lowest BCUT2D eigenvalue weighted by Crippen LogP contribution is -2.38. The fourth-order valence-electron chi connectivity index (χ4n) is 2.30. The monoisotopic (exact) mass is 400 g/mol. The van der Waals surface area contributed by atoms with E-state index in [2.05, 4.69) is 39.7 Å². The van der Waals surface area contributed by atoms with Crippen molar-refractivity contribution in [2.45, 2.75) is 71.0 Å². The predicted molar refractivity (Wildman–Crippen MR) is 106 cm³/mol. The fourth-order valence-corrected chi connectivity index (χ4v) is 17.2. The van der Waals surface area contributed by atoms with E-state index in [-0.39, 0.29) is 6.61 Å². The largest absolute Gasteiger partial charge is 0.441 e. The first-order chi connectivity index (χ1) is 10.4. The maximum absolute atomic E-state index is 8.85. The molecule has 22 heavy (non-hydrogen) atoms. The highest BCUT2D eigenvalue weighted by Gasteiger charge is 2.20. The molecule has 0 saturated heterocycles. The molecule has 0 aliphatic heterocycles. The average molecular weight is 401 g/mol. The highest BCUT2D eigenvalue weighted by atomic mass is 28.4. The zero-order chi connectivity index (χ0) is 17.0. The normalized spacial score (nSPS) is 18.7. The standard InChI is InChI=1S/C12H36O5Si5/c1-7-8-11-18(2)14-20(4)16-22(6)17-21(5)15-19(3)12-9-10-13/h13,18-22H,7-12H2,1-6H3. The summed E-state index contributed by atoms with van der Waals surface area (Å²) in [6.45, 7) is 13.2. The first kappa shape index (κ1) is 22.9. The summed E-state index contributed by atoms with van der Waals surface area (Å²) >= 11 is 0. The number of unbranched alkanes of at least 4 members (excludes halogenated alkanes) is 1. The number of rotatable bonds is 14. The minimum absolute atomic E-state index is 0.256. The van der Waals surface area contributed by atoms with E-state index < -0.39 is 45.9 Å². The molecule has 5 unspecified atom stereocenters. The summed E-state index contributed by atoms with van der Waals surface area (Å²) in [5, 5.41) is 8.85. The Bertz CT molecular complexity index is 240. The van der Waals surface area contributed by atoms with Gasteiger partial charge in [-0.25, -0.2) is 0 Å². The minimum Gasteiger partial charge on any atom is -0.441 e. The molecule has 0 heterocycles. The Morgan fingerprint density at radius 3 is 1.50 bits per heavy atom. The van der Waals surface area contributed by atoms with Crippen molar-refractivity contribution in [1.82, 2.24) is 0 Å². The van der Waals surface area contributed by atoms with Gasteiger partial charge in [-0.1, -0.05) is 19.8 Å². The molecule has 1 N–H and O–H groups in total. The molecule has 0 aromatic carbocycles. The third-order valence-corrected chi connectivity index (χ3v) is 18.7.